The minimum absolute atomic E-state index is 0.866. The first kappa shape index (κ1) is 14.6. The highest BCUT2D eigenvalue weighted by Crippen LogP contribution is 2.24. The Morgan fingerprint density at radius 3 is 2.50 bits per heavy atom. The Balaban J connectivity index is 1.91. The monoisotopic (exact) mass is 291 g/mol. The lowest BCUT2D eigenvalue weighted by molar-refractivity contribution is 0.415. The van der Waals surface area contributed by atoms with Gasteiger partial charge in [-0.25, -0.2) is 4.98 Å². The average molecular weight is 291 g/mol. The zero-order valence-electron chi connectivity index (χ0n) is 13.2. The second kappa shape index (κ2) is 6.61. The van der Waals surface area contributed by atoms with Crippen molar-refractivity contribution in [1.29, 1.82) is 0 Å². The molecule has 2 nitrogen and oxygen atoms in total. The summed E-state index contributed by atoms with van der Waals surface area (Å²) in [5, 5.41) is 1.21. The molecule has 0 aliphatic heterocycles. The minimum atomic E-state index is 0.866. The van der Waals surface area contributed by atoms with Gasteiger partial charge < -0.3 is 4.74 Å². The molecule has 2 heteroatoms. The summed E-state index contributed by atoms with van der Waals surface area (Å²) in [6, 6.07) is 18.9. The van der Waals surface area contributed by atoms with Crippen LogP contribution >= 0.6 is 0 Å². The molecule has 0 fully saturated rings. The third-order valence-electron chi connectivity index (χ3n) is 3.96. The summed E-state index contributed by atoms with van der Waals surface area (Å²) in [5.74, 6) is 0.866. The van der Waals surface area contributed by atoms with Crippen molar-refractivity contribution in [3.63, 3.8) is 0 Å². The topological polar surface area (TPSA) is 22.1 Å². The molecule has 22 heavy (non-hydrogen) atoms. The van der Waals surface area contributed by atoms with Crippen LogP contribution in [0.1, 0.15) is 25.3 Å². The predicted molar refractivity (Wildman–Crippen MR) is 92.3 cm³/mol. The van der Waals surface area contributed by atoms with E-state index in [-0.39, 0.29) is 0 Å². The van der Waals surface area contributed by atoms with E-state index in [1.165, 1.54) is 23.8 Å². The Morgan fingerprint density at radius 1 is 0.955 bits per heavy atom. The standard InChI is InChI=1S/C20H21NO/c1-3-4-5-15-6-12-20-17(14-15)9-13-19(21-20)16-7-10-18(22-2)11-8-16/h6-14H,3-5H2,1-2H3. The fraction of sp³-hybridized carbons (Fsp3) is 0.250. The largest absolute Gasteiger partial charge is 0.497 e. The maximum absolute atomic E-state index is 5.20. The van der Waals surface area contributed by atoms with Gasteiger partial charge in [0.05, 0.1) is 18.3 Å². The fourth-order valence-electron chi connectivity index (χ4n) is 2.63. The number of pyridine rings is 1. The van der Waals surface area contributed by atoms with Gasteiger partial charge in [-0.1, -0.05) is 25.5 Å². The van der Waals surface area contributed by atoms with Gasteiger partial charge >= 0.3 is 0 Å². The Morgan fingerprint density at radius 2 is 1.77 bits per heavy atom. The molecule has 0 saturated heterocycles. The second-order valence-electron chi connectivity index (χ2n) is 5.56. The Kier molecular flexibility index (Phi) is 4.38. The van der Waals surface area contributed by atoms with E-state index in [9.17, 15) is 0 Å². The number of benzene rings is 2. The van der Waals surface area contributed by atoms with E-state index < -0.39 is 0 Å². The van der Waals surface area contributed by atoms with Crippen LogP contribution in [-0.2, 0) is 6.42 Å². The number of fused-ring (bicyclic) bond motifs is 1. The lowest BCUT2D eigenvalue weighted by atomic mass is 10.0. The predicted octanol–water partition coefficient (Wildman–Crippen LogP) is 5.25. The van der Waals surface area contributed by atoms with Crippen LogP contribution in [0.2, 0.25) is 0 Å². The highest BCUT2D eigenvalue weighted by molar-refractivity contribution is 5.82. The van der Waals surface area contributed by atoms with E-state index in [1.807, 2.05) is 24.3 Å². The van der Waals surface area contributed by atoms with Crippen LogP contribution < -0.4 is 4.74 Å². The number of ether oxygens (including phenoxy) is 1. The number of aromatic nitrogens is 1. The van der Waals surface area contributed by atoms with Gasteiger partial charge in [-0.3, -0.25) is 0 Å². The Labute approximate surface area is 131 Å². The summed E-state index contributed by atoms with van der Waals surface area (Å²) < 4.78 is 5.20. The first-order valence-corrected chi connectivity index (χ1v) is 7.84. The zero-order chi connectivity index (χ0) is 15.4. The number of methoxy groups -OCH3 is 1. The van der Waals surface area contributed by atoms with Gasteiger partial charge in [-0.15, -0.1) is 0 Å². The Bertz CT molecular complexity index is 762. The van der Waals surface area contributed by atoms with Gasteiger partial charge in [0.2, 0.25) is 0 Å². The molecule has 0 saturated carbocycles. The minimum Gasteiger partial charge on any atom is -0.497 e. The lowest BCUT2D eigenvalue weighted by Crippen LogP contribution is -1.89. The number of unbranched alkanes of at least 4 members (excludes halogenated alkanes) is 1. The number of rotatable bonds is 5. The summed E-state index contributed by atoms with van der Waals surface area (Å²) in [6.07, 6.45) is 3.61. The summed E-state index contributed by atoms with van der Waals surface area (Å²) in [7, 11) is 1.68. The normalized spacial score (nSPS) is 10.8. The molecule has 0 unspecified atom stereocenters. The van der Waals surface area contributed by atoms with E-state index in [0.717, 1.165) is 28.9 Å². The fourth-order valence-corrected chi connectivity index (χ4v) is 2.63. The third kappa shape index (κ3) is 3.11. The Hall–Kier alpha value is -2.35. The molecule has 0 amide bonds. The number of hydrogen-bond donors (Lipinski definition) is 0. The van der Waals surface area contributed by atoms with Crippen molar-refractivity contribution in [2.24, 2.45) is 0 Å². The van der Waals surface area contributed by atoms with E-state index in [0.29, 0.717) is 0 Å². The van der Waals surface area contributed by atoms with E-state index >= 15 is 0 Å². The summed E-state index contributed by atoms with van der Waals surface area (Å²) in [6.45, 7) is 2.23. The highest BCUT2D eigenvalue weighted by atomic mass is 16.5. The summed E-state index contributed by atoms with van der Waals surface area (Å²) in [4.78, 5) is 4.78. The number of hydrogen-bond acceptors (Lipinski definition) is 2. The van der Waals surface area contributed by atoms with Crippen molar-refractivity contribution < 1.29 is 4.74 Å². The quantitative estimate of drug-likeness (QED) is 0.640. The molecule has 2 aromatic carbocycles. The van der Waals surface area contributed by atoms with E-state index in [4.69, 9.17) is 9.72 Å². The van der Waals surface area contributed by atoms with Crippen LogP contribution in [0.25, 0.3) is 22.2 Å². The summed E-state index contributed by atoms with van der Waals surface area (Å²) >= 11 is 0. The van der Waals surface area contributed by atoms with E-state index in [1.54, 1.807) is 7.11 Å². The molecule has 3 aromatic rings. The van der Waals surface area contributed by atoms with Crippen LogP contribution in [0.5, 0.6) is 5.75 Å². The van der Waals surface area contributed by atoms with Crippen LogP contribution in [-0.4, -0.2) is 12.1 Å². The van der Waals surface area contributed by atoms with Crippen molar-refractivity contribution >= 4 is 10.9 Å². The molecular formula is C20H21NO. The van der Waals surface area contributed by atoms with Crippen molar-refractivity contribution in [3.8, 4) is 17.0 Å². The zero-order valence-corrected chi connectivity index (χ0v) is 13.2. The third-order valence-corrected chi connectivity index (χ3v) is 3.96. The summed E-state index contributed by atoms with van der Waals surface area (Å²) in [5.41, 5.74) is 4.55. The van der Waals surface area contributed by atoms with Crippen LogP contribution in [0.15, 0.2) is 54.6 Å². The lowest BCUT2D eigenvalue weighted by Gasteiger charge is -2.06. The molecule has 0 spiro atoms. The molecule has 1 heterocycles. The molecule has 0 aliphatic carbocycles. The van der Waals surface area contributed by atoms with Gasteiger partial charge in [0.15, 0.2) is 0 Å². The smallest absolute Gasteiger partial charge is 0.118 e. The first-order valence-electron chi connectivity index (χ1n) is 7.84. The van der Waals surface area contributed by atoms with Gasteiger partial charge in [0.1, 0.15) is 5.75 Å². The molecule has 0 atom stereocenters. The first-order chi connectivity index (χ1) is 10.8. The molecular weight excluding hydrogens is 270 g/mol. The molecule has 0 radical (unpaired) electrons. The van der Waals surface area contributed by atoms with Crippen molar-refractivity contribution in [1.82, 2.24) is 4.98 Å². The van der Waals surface area contributed by atoms with Crippen molar-refractivity contribution in [2.75, 3.05) is 7.11 Å². The van der Waals surface area contributed by atoms with Crippen molar-refractivity contribution in [2.45, 2.75) is 26.2 Å². The van der Waals surface area contributed by atoms with Crippen LogP contribution in [0.4, 0.5) is 0 Å². The maximum Gasteiger partial charge on any atom is 0.118 e. The SMILES string of the molecule is CCCCc1ccc2nc(-c3ccc(OC)cc3)ccc2c1. The van der Waals surface area contributed by atoms with Gasteiger partial charge in [-0.05, 0) is 60.9 Å². The number of aryl methyl sites for hydroxylation is 1. The highest BCUT2D eigenvalue weighted by Gasteiger charge is 2.03. The molecule has 112 valence electrons. The molecule has 3 rings (SSSR count). The molecule has 0 bridgehead atoms. The van der Waals surface area contributed by atoms with Crippen molar-refractivity contribution in [3.05, 3.63) is 60.2 Å². The average Bonchev–Trinajstić information content (AvgIpc) is 2.59. The van der Waals surface area contributed by atoms with Gasteiger partial charge in [0, 0.05) is 10.9 Å². The molecule has 0 aliphatic rings. The van der Waals surface area contributed by atoms with Crippen LogP contribution in [0, 0.1) is 0 Å². The second-order valence-corrected chi connectivity index (χ2v) is 5.56. The number of nitrogens with zero attached hydrogens (tertiary/aromatic N) is 1. The molecule has 1 aromatic heterocycles. The van der Waals surface area contributed by atoms with Gasteiger partial charge in [-0.2, -0.15) is 0 Å². The van der Waals surface area contributed by atoms with Gasteiger partial charge in [0.25, 0.3) is 0 Å². The van der Waals surface area contributed by atoms with Crippen LogP contribution in [0.3, 0.4) is 0 Å². The molecule has 0 N–H and O–H groups in total. The van der Waals surface area contributed by atoms with E-state index in [2.05, 4.69) is 37.3 Å². The maximum atomic E-state index is 5.20.